The maximum absolute atomic E-state index is 12.2. The van der Waals surface area contributed by atoms with Gasteiger partial charge in [-0.15, -0.1) is 6.42 Å². The van der Waals surface area contributed by atoms with E-state index in [1.807, 2.05) is 0 Å². The van der Waals surface area contributed by atoms with Crippen LogP contribution in [0, 0.1) is 12.3 Å². The van der Waals surface area contributed by atoms with Crippen molar-refractivity contribution in [1.29, 1.82) is 0 Å². The highest BCUT2D eigenvalue weighted by atomic mass is 32.2. The lowest BCUT2D eigenvalue weighted by molar-refractivity contribution is -0.136. The standard InChI is InChI=1S/C13H15NO4S/c1-3-9-14(4-2)19(17,18)12-7-5-11(6-8-12)10-13(15)16/h1,5-8H,4,9-10H2,2H3,(H,15,16). The second-order valence-corrected chi connectivity index (χ2v) is 5.79. The fraction of sp³-hybridized carbons (Fsp3) is 0.308. The second-order valence-electron chi connectivity index (χ2n) is 3.85. The molecular weight excluding hydrogens is 266 g/mol. The van der Waals surface area contributed by atoms with Crippen molar-refractivity contribution in [2.24, 2.45) is 0 Å². The molecule has 0 aliphatic carbocycles. The third-order valence-corrected chi connectivity index (χ3v) is 4.47. The van der Waals surface area contributed by atoms with Crippen LogP contribution in [0.5, 0.6) is 0 Å². The number of carbonyl (C=O) groups is 1. The summed E-state index contributed by atoms with van der Waals surface area (Å²) < 4.78 is 25.6. The highest BCUT2D eigenvalue weighted by molar-refractivity contribution is 7.89. The number of carboxylic acid groups (broad SMARTS) is 1. The van der Waals surface area contributed by atoms with Crippen LogP contribution in [0.25, 0.3) is 0 Å². The zero-order valence-corrected chi connectivity index (χ0v) is 11.4. The van der Waals surface area contributed by atoms with Gasteiger partial charge in [-0.3, -0.25) is 4.79 Å². The third-order valence-electron chi connectivity index (χ3n) is 2.54. The number of benzene rings is 1. The van der Waals surface area contributed by atoms with Crippen molar-refractivity contribution in [2.45, 2.75) is 18.2 Å². The molecule has 0 heterocycles. The van der Waals surface area contributed by atoms with Crippen molar-refractivity contribution in [3.05, 3.63) is 29.8 Å². The minimum atomic E-state index is -3.62. The molecule has 0 spiro atoms. The summed E-state index contributed by atoms with van der Waals surface area (Å²) in [7, 11) is -3.62. The van der Waals surface area contributed by atoms with Gasteiger partial charge in [0.05, 0.1) is 17.9 Å². The van der Waals surface area contributed by atoms with Crippen LogP contribution >= 0.6 is 0 Å². The van der Waals surface area contributed by atoms with Crippen LogP contribution in [0.4, 0.5) is 0 Å². The van der Waals surface area contributed by atoms with Crippen molar-refractivity contribution < 1.29 is 18.3 Å². The Kier molecular flexibility index (Phi) is 5.10. The number of nitrogens with zero attached hydrogens (tertiary/aromatic N) is 1. The molecule has 0 aromatic heterocycles. The molecule has 0 saturated heterocycles. The lowest BCUT2D eigenvalue weighted by Gasteiger charge is -2.17. The van der Waals surface area contributed by atoms with Crippen molar-refractivity contribution in [3.63, 3.8) is 0 Å². The molecule has 0 aliphatic rings. The Balaban J connectivity index is 3.02. The number of rotatable bonds is 6. The highest BCUT2D eigenvalue weighted by Crippen LogP contribution is 2.16. The zero-order chi connectivity index (χ0) is 14.5. The number of aliphatic carboxylic acids is 1. The summed E-state index contributed by atoms with van der Waals surface area (Å²) in [5, 5.41) is 8.64. The molecule has 1 rings (SSSR count). The molecule has 5 nitrogen and oxygen atoms in total. The maximum Gasteiger partial charge on any atom is 0.307 e. The molecular formula is C13H15NO4S. The van der Waals surface area contributed by atoms with Gasteiger partial charge in [-0.05, 0) is 17.7 Å². The van der Waals surface area contributed by atoms with Gasteiger partial charge in [0, 0.05) is 6.54 Å². The fourth-order valence-corrected chi connectivity index (χ4v) is 2.93. The molecule has 0 amide bonds. The van der Waals surface area contributed by atoms with Gasteiger partial charge in [0.15, 0.2) is 0 Å². The molecule has 1 N–H and O–H groups in total. The van der Waals surface area contributed by atoms with Gasteiger partial charge >= 0.3 is 5.97 Å². The fourth-order valence-electron chi connectivity index (χ4n) is 1.57. The van der Waals surface area contributed by atoms with Gasteiger partial charge in [0.2, 0.25) is 10.0 Å². The van der Waals surface area contributed by atoms with E-state index in [1.54, 1.807) is 6.92 Å². The number of carboxylic acids is 1. The number of hydrogen-bond acceptors (Lipinski definition) is 3. The quantitative estimate of drug-likeness (QED) is 0.788. The van der Waals surface area contributed by atoms with Gasteiger partial charge in [-0.25, -0.2) is 8.42 Å². The first-order valence-electron chi connectivity index (χ1n) is 5.66. The molecule has 102 valence electrons. The van der Waals surface area contributed by atoms with E-state index in [-0.39, 0.29) is 24.4 Å². The molecule has 1 aromatic rings. The number of terminal acetylenes is 1. The molecule has 0 atom stereocenters. The third kappa shape index (κ3) is 3.81. The van der Waals surface area contributed by atoms with E-state index >= 15 is 0 Å². The van der Waals surface area contributed by atoms with Gasteiger partial charge in [0.1, 0.15) is 0 Å². The summed E-state index contributed by atoms with van der Waals surface area (Å²) in [6.07, 6.45) is 5.00. The van der Waals surface area contributed by atoms with Crippen LogP contribution in [0.3, 0.4) is 0 Å². The van der Waals surface area contributed by atoms with Crippen LogP contribution in [-0.4, -0.2) is 36.9 Å². The molecule has 6 heteroatoms. The Hall–Kier alpha value is -1.84. The minimum absolute atomic E-state index is 0.00963. The predicted octanol–water partition coefficient (Wildman–Crippen LogP) is 0.958. The van der Waals surface area contributed by atoms with Crippen LogP contribution in [0.15, 0.2) is 29.2 Å². The first-order valence-corrected chi connectivity index (χ1v) is 7.10. The van der Waals surface area contributed by atoms with Gasteiger partial charge in [-0.2, -0.15) is 4.31 Å². The molecule has 19 heavy (non-hydrogen) atoms. The Bertz CT molecular complexity index is 584. The highest BCUT2D eigenvalue weighted by Gasteiger charge is 2.21. The number of sulfonamides is 1. The molecule has 0 fully saturated rings. The topological polar surface area (TPSA) is 74.7 Å². The van der Waals surface area contributed by atoms with E-state index in [0.29, 0.717) is 5.56 Å². The van der Waals surface area contributed by atoms with E-state index in [0.717, 1.165) is 0 Å². The van der Waals surface area contributed by atoms with Crippen LogP contribution in [0.1, 0.15) is 12.5 Å². The smallest absolute Gasteiger partial charge is 0.307 e. The molecule has 0 saturated carbocycles. The summed E-state index contributed by atoms with van der Waals surface area (Å²) in [5.41, 5.74) is 0.548. The second kappa shape index (κ2) is 6.36. The normalized spacial score (nSPS) is 11.2. The van der Waals surface area contributed by atoms with Gasteiger partial charge < -0.3 is 5.11 Å². The zero-order valence-electron chi connectivity index (χ0n) is 10.5. The van der Waals surface area contributed by atoms with Crippen molar-refractivity contribution in [3.8, 4) is 12.3 Å². The van der Waals surface area contributed by atoms with Crippen molar-refractivity contribution in [1.82, 2.24) is 4.31 Å². The van der Waals surface area contributed by atoms with E-state index in [2.05, 4.69) is 5.92 Å². The van der Waals surface area contributed by atoms with Crippen LogP contribution in [-0.2, 0) is 21.2 Å². The Morgan fingerprint density at radius 1 is 1.37 bits per heavy atom. The molecule has 0 unspecified atom stereocenters. The lowest BCUT2D eigenvalue weighted by Crippen LogP contribution is -2.31. The minimum Gasteiger partial charge on any atom is -0.481 e. The monoisotopic (exact) mass is 281 g/mol. The summed E-state index contributed by atoms with van der Waals surface area (Å²) in [6, 6.07) is 5.77. The largest absolute Gasteiger partial charge is 0.481 e. The first-order chi connectivity index (χ1) is 8.91. The molecule has 1 aromatic carbocycles. The van der Waals surface area contributed by atoms with E-state index in [4.69, 9.17) is 11.5 Å². The van der Waals surface area contributed by atoms with Crippen molar-refractivity contribution >= 4 is 16.0 Å². The molecule has 0 bridgehead atoms. The summed E-state index contributed by atoms with van der Waals surface area (Å²) in [6.45, 7) is 1.99. The molecule has 0 aliphatic heterocycles. The summed E-state index contributed by atoms with van der Waals surface area (Å²) >= 11 is 0. The summed E-state index contributed by atoms with van der Waals surface area (Å²) in [5.74, 6) is 1.34. The Morgan fingerprint density at radius 3 is 2.37 bits per heavy atom. The van der Waals surface area contributed by atoms with E-state index < -0.39 is 16.0 Å². The predicted molar refractivity (Wildman–Crippen MR) is 71.0 cm³/mol. The number of hydrogen-bond donors (Lipinski definition) is 1. The molecule has 0 radical (unpaired) electrons. The maximum atomic E-state index is 12.2. The van der Waals surface area contributed by atoms with Gasteiger partial charge in [-0.1, -0.05) is 25.0 Å². The van der Waals surface area contributed by atoms with E-state index in [9.17, 15) is 13.2 Å². The average Bonchev–Trinajstić information content (AvgIpc) is 2.35. The van der Waals surface area contributed by atoms with Gasteiger partial charge in [0.25, 0.3) is 0 Å². The SMILES string of the molecule is C#CCN(CC)S(=O)(=O)c1ccc(CC(=O)O)cc1. The van der Waals surface area contributed by atoms with Crippen molar-refractivity contribution in [2.75, 3.05) is 13.1 Å². The first kappa shape index (κ1) is 15.2. The van der Waals surface area contributed by atoms with Crippen LogP contribution < -0.4 is 0 Å². The lowest BCUT2D eigenvalue weighted by atomic mass is 10.2. The van der Waals surface area contributed by atoms with Crippen LogP contribution in [0.2, 0.25) is 0 Å². The summed E-state index contributed by atoms with van der Waals surface area (Å²) in [4.78, 5) is 10.7. The van der Waals surface area contributed by atoms with E-state index in [1.165, 1.54) is 28.6 Å². The Labute approximate surface area is 112 Å². The average molecular weight is 281 g/mol. The Morgan fingerprint density at radius 2 is 1.95 bits per heavy atom.